The van der Waals surface area contributed by atoms with Crippen molar-refractivity contribution in [3.05, 3.63) is 130 Å². The van der Waals surface area contributed by atoms with Gasteiger partial charge in [0, 0.05) is 24.5 Å². The fourth-order valence-corrected chi connectivity index (χ4v) is 6.29. The van der Waals surface area contributed by atoms with E-state index in [1.807, 2.05) is 67.6 Å². The van der Waals surface area contributed by atoms with Crippen molar-refractivity contribution in [2.45, 2.75) is 30.8 Å². The average Bonchev–Trinajstić information content (AvgIpc) is 2.98. The van der Waals surface area contributed by atoms with Crippen molar-refractivity contribution in [2.24, 2.45) is 0 Å². The van der Waals surface area contributed by atoms with Gasteiger partial charge in [0.25, 0.3) is 10.0 Å². The Morgan fingerprint density at radius 1 is 0.829 bits per heavy atom. The monoisotopic (exact) mass is 633 g/mol. The maximum absolute atomic E-state index is 14.2. The Morgan fingerprint density at radius 3 is 2.02 bits per heavy atom. The van der Waals surface area contributed by atoms with Crippen molar-refractivity contribution in [3.63, 3.8) is 0 Å². The number of halogens is 1. The normalized spacial score (nSPS) is 11.9. The Morgan fingerprint density at radius 2 is 1.44 bits per heavy atom. The maximum Gasteiger partial charge on any atom is 0.264 e. The molecule has 0 fully saturated rings. The molecule has 4 aromatic carbocycles. The van der Waals surface area contributed by atoms with E-state index in [1.165, 1.54) is 24.1 Å². The molecule has 0 radical (unpaired) electrons. The third-order valence-electron chi connectivity index (χ3n) is 6.70. The minimum Gasteiger partial charge on any atom is -0.357 e. The van der Waals surface area contributed by atoms with Gasteiger partial charge >= 0.3 is 0 Å². The SMILES string of the molecule is CNC(=O)[C@H](Cc1ccccc1)N(Cc1ccccc1)C(=O)CN(c1cccc(Br)c1)S(=O)(=O)c1ccc(C)cc1. The first-order valence-electron chi connectivity index (χ1n) is 13.1. The lowest BCUT2D eigenvalue weighted by Gasteiger charge is -2.33. The Hall–Kier alpha value is -3.95. The largest absolute Gasteiger partial charge is 0.357 e. The molecule has 0 saturated heterocycles. The smallest absolute Gasteiger partial charge is 0.264 e. The first-order chi connectivity index (χ1) is 19.7. The number of hydrogen-bond acceptors (Lipinski definition) is 4. The highest BCUT2D eigenvalue weighted by Gasteiger charge is 2.34. The summed E-state index contributed by atoms with van der Waals surface area (Å²) in [5.41, 5.74) is 2.94. The van der Waals surface area contributed by atoms with Crippen LogP contribution in [-0.2, 0) is 32.6 Å². The Bertz CT molecular complexity index is 1580. The van der Waals surface area contributed by atoms with E-state index >= 15 is 0 Å². The third kappa shape index (κ3) is 7.62. The number of hydrogen-bond donors (Lipinski definition) is 1. The van der Waals surface area contributed by atoms with Crippen LogP contribution in [0.5, 0.6) is 0 Å². The Kier molecular flexibility index (Phi) is 9.96. The van der Waals surface area contributed by atoms with Crippen LogP contribution < -0.4 is 9.62 Å². The number of nitrogens with one attached hydrogen (secondary N) is 1. The van der Waals surface area contributed by atoms with E-state index in [0.717, 1.165) is 21.0 Å². The van der Waals surface area contributed by atoms with Crippen molar-refractivity contribution in [1.82, 2.24) is 10.2 Å². The number of anilines is 1. The van der Waals surface area contributed by atoms with Gasteiger partial charge < -0.3 is 10.2 Å². The lowest BCUT2D eigenvalue weighted by molar-refractivity contribution is -0.139. The first-order valence-corrected chi connectivity index (χ1v) is 15.4. The van der Waals surface area contributed by atoms with Crippen LogP contribution in [0.4, 0.5) is 5.69 Å². The van der Waals surface area contributed by atoms with Gasteiger partial charge in [-0.15, -0.1) is 0 Å². The molecule has 9 heteroatoms. The van der Waals surface area contributed by atoms with Crippen molar-refractivity contribution < 1.29 is 18.0 Å². The van der Waals surface area contributed by atoms with Gasteiger partial charge in [-0.05, 0) is 48.4 Å². The molecule has 1 atom stereocenters. The maximum atomic E-state index is 14.2. The van der Waals surface area contributed by atoms with E-state index in [2.05, 4.69) is 21.2 Å². The summed E-state index contributed by atoms with van der Waals surface area (Å²) >= 11 is 3.42. The number of rotatable bonds is 11. The topological polar surface area (TPSA) is 86.8 Å². The summed E-state index contributed by atoms with van der Waals surface area (Å²) in [6, 6.07) is 31.2. The standard InChI is InChI=1S/C32H32BrN3O4S/c1-24-16-18-29(19-17-24)41(39,40)36(28-15-9-14-27(33)21-28)23-31(37)35(22-26-12-7-4-8-13-26)30(32(38)34-2)20-25-10-5-3-6-11-25/h3-19,21,30H,20,22-23H2,1-2H3,(H,34,38)/t30-/m0/s1. The molecule has 0 bridgehead atoms. The molecule has 1 N–H and O–H groups in total. The molecule has 0 aliphatic rings. The molecular weight excluding hydrogens is 602 g/mol. The highest BCUT2D eigenvalue weighted by atomic mass is 79.9. The van der Waals surface area contributed by atoms with Crippen LogP contribution in [-0.4, -0.2) is 44.8 Å². The Labute approximate surface area is 250 Å². The van der Waals surface area contributed by atoms with E-state index in [-0.39, 0.29) is 23.8 Å². The summed E-state index contributed by atoms with van der Waals surface area (Å²) in [6.07, 6.45) is 0.265. The summed E-state index contributed by atoms with van der Waals surface area (Å²) in [5.74, 6) is -0.845. The summed E-state index contributed by atoms with van der Waals surface area (Å²) in [5, 5.41) is 2.69. The highest BCUT2D eigenvalue weighted by Crippen LogP contribution is 2.27. The van der Waals surface area contributed by atoms with E-state index in [9.17, 15) is 18.0 Å². The van der Waals surface area contributed by atoms with Crippen LogP contribution in [0.3, 0.4) is 0 Å². The van der Waals surface area contributed by atoms with Crippen molar-refractivity contribution in [2.75, 3.05) is 17.9 Å². The summed E-state index contributed by atoms with van der Waals surface area (Å²) in [6.45, 7) is 1.50. The van der Waals surface area contributed by atoms with Crippen LogP contribution in [0, 0.1) is 6.92 Å². The van der Waals surface area contributed by atoms with Gasteiger partial charge in [0.05, 0.1) is 10.6 Å². The summed E-state index contributed by atoms with van der Waals surface area (Å²) < 4.78 is 29.7. The summed E-state index contributed by atoms with van der Waals surface area (Å²) in [7, 11) is -2.61. The quantitative estimate of drug-likeness (QED) is 0.242. The number of sulfonamides is 1. The third-order valence-corrected chi connectivity index (χ3v) is 8.98. The second-order valence-electron chi connectivity index (χ2n) is 9.63. The molecule has 0 spiro atoms. The molecule has 7 nitrogen and oxygen atoms in total. The zero-order valence-corrected chi connectivity index (χ0v) is 25.3. The number of amides is 2. The number of aryl methyl sites for hydroxylation is 1. The van der Waals surface area contributed by atoms with Gasteiger partial charge in [0.1, 0.15) is 12.6 Å². The average molecular weight is 635 g/mol. The number of carbonyl (C=O) groups excluding carboxylic acids is 2. The molecule has 0 aliphatic carbocycles. The molecule has 0 aliphatic heterocycles. The van der Waals surface area contributed by atoms with Gasteiger partial charge in [0.2, 0.25) is 11.8 Å². The summed E-state index contributed by atoms with van der Waals surface area (Å²) in [4.78, 5) is 29.0. The minimum atomic E-state index is -4.14. The number of benzene rings is 4. The van der Waals surface area contributed by atoms with Gasteiger partial charge in [-0.2, -0.15) is 0 Å². The van der Waals surface area contributed by atoms with Gasteiger partial charge in [-0.3, -0.25) is 13.9 Å². The van der Waals surface area contributed by atoms with Crippen LogP contribution in [0.2, 0.25) is 0 Å². The van der Waals surface area contributed by atoms with E-state index in [4.69, 9.17) is 0 Å². The number of nitrogens with zero attached hydrogens (tertiary/aromatic N) is 2. The molecule has 4 aromatic rings. The molecule has 212 valence electrons. The van der Waals surface area contributed by atoms with Crippen LogP contribution in [0.25, 0.3) is 0 Å². The van der Waals surface area contributed by atoms with Gasteiger partial charge in [0.15, 0.2) is 0 Å². The first kappa shape index (κ1) is 30.0. The minimum absolute atomic E-state index is 0.0672. The predicted molar refractivity (Wildman–Crippen MR) is 165 cm³/mol. The zero-order valence-electron chi connectivity index (χ0n) is 22.9. The molecular formula is C32H32BrN3O4S. The number of likely N-dealkylation sites (N-methyl/N-ethyl adjacent to an activating group) is 1. The van der Waals surface area contributed by atoms with Crippen LogP contribution >= 0.6 is 15.9 Å². The van der Waals surface area contributed by atoms with Crippen molar-refractivity contribution >= 4 is 43.5 Å². The fraction of sp³-hybridized carbons (Fsp3) is 0.188. The van der Waals surface area contributed by atoms with E-state index in [1.54, 1.807) is 36.4 Å². The van der Waals surface area contributed by atoms with E-state index < -0.39 is 28.5 Å². The van der Waals surface area contributed by atoms with Crippen molar-refractivity contribution in [3.8, 4) is 0 Å². The molecule has 0 aromatic heterocycles. The number of carbonyl (C=O) groups is 2. The van der Waals surface area contributed by atoms with Crippen LogP contribution in [0.15, 0.2) is 119 Å². The van der Waals surface area contributed by atoms with E-state index in [0.29, 0.717) is 10.2 Å². The highest BCUT2D eigenvalue weighted by molar-refractivity contribution is 9.10. The lowest BCUT2D eigenvalue weighted by Crippen LogP contribution is -2.53. The molecule has 2 amide bonds. The zero-order chi connectivity index (χ0) is 29.4. The second-order valence-corrected chi connectivity index (χ2v) is 12.4. The Balaban J connectivity index is 1.77. The molecule has 41 heavy (non-hydrogen) atoms. The fourth-order valence-electron chi connectivity index (χ4n) is 4.50. The predicted octanol–water partition coefficient (Wildman–Crippen LogP) is 5.34. The molecule has 4 rings (SSSR count). The van der Waals surface area contributed by atoms with Gasteiger partial charge in [-0.25, -0.2) is 8.42 Å². The molecule has 0 heterocycles. The molecule has 0 unspecified atom stereocenters. The second kappa shape index (κ2) is 13.6. The van der Waals surface area contributed by atoms with Crippen LogP contribution in [0.1, 0.15) is 16.7 Å². The molecule has 0 saturated carbocycles. The van der Waals surface area contributed by atoms with Crippen molar-refractivity contribution in [1.29, 1.82) is 0 Å². The van der Waals surface area contributed by atoms with Gasteiger partial charge in [-0.1, -0.05) is 100 Å². The lowest BCUT2D eigenvalue weighted by atomic mass is 10.0.